The summed E-state index contributed by atoms with van der Waals surface area (Å²) < 4.78 is 4.62. The van der Waals surface area contributed by atoms with Gasteiger partial charge in [0.25, 0.3) is 0 Å². The van der Waals surface area contributed by atoms with E-state index in [1.54, 1.807) is 36.0 Å². The van der Waals surface area contributed by atoms with Crippen molar-refractivity contribution in [2.45, 2.75) is 19.0 Å². The standard InChI is InChI=1S/C14H20N2O3S/c1-19-14(18)11-5-3-10(4-6-11)9-16-13(17)12(15)7-8-20-2/h3-6,12H,7-9,15H2,1-2H3,(H,16,17)/t12-/m0/s1. The van der Waals surface area contributed by atoms with E-state index in [-0.39, 0.29) is 11.9 Å². The fourth-order valence-electron chi connectivity index (χ4n) is 1.57. The van der Waals surface area contributed by atoms with Gasteiger partial charge in [0.05, 0.1) is 18.7 Å². The Morgan fingerprint density at radius 2 is 2.00 bits per heavy atom. The van der Waals surface area contributed by atoms with Crippen LogP contribution >= 0.6 is 11.8 Å². The van der Waals surface area contributed by atoms with E-state index in [1.807, 2.05) is 6.26 Å². The van der Waals surface area contributed by atoms with Crippen molar-refractivity contribution >= 4 is 23.6 Å². The monoisotopic (exact) mass is 296 g/mol. The largest absolute Gasteiger partial charge is 0.465 e. The van der Waals surface area contributed by atoms with Crippen molar-refractivity contribution < 1.29 is 14.3 Å². The van der Waals surface area contributed by atoms with Gasteiger partial charge in [-0.25, -0.2) is 4.79 Å². The lowest BCUT2D eigenvalue weighted by molar-refractivity contribution is -0.122. The highest BCUT2D eigenvalue weighted by atomic mass is 32.2. The molecular formula is C14H20N2O3S. The molecule has 0 saturated carbocycles. The Hall–Kier alpha value is -1.53. The molecule has 1 atom stereocenters. The van der Waals surface area contributed by atoms with Crippen LogP contribution in [0.25, 0.3) is 0 Å². The molecule has 0 bridgehead atoms. The number of esters is 1. The smallest absolute Gasteiger partial charge is 0.337 e. The highest BCUT2D eigenvalue weighted by Gasteiger charge is 2.12. The van der Waals surface area contributed by atoms with Crippen LogP contribution in [0.4, 0.5) is 0 Å². The van der Waals surface area contributed by atoms with E-state index >= 15 is 0 Å². The second-order valence-corrected chi connectivity index (χ2v) is 5.28. The van der Waals surface area contributed by atoms with Crippen LogP contribution in [0, 0.1) is 0 Å². The van der Waals surface area contributed by atoms with Crippen molar-refractivity contribution in [3.8, 4) is 0 Å². The summed E-state index contributed by atoms with van der Waals surface area (Å²) >= 11 is 1.66. The van der Waals surface area contributed by atoms with Gasteiger partial charge in [-0.3, -0.25) is 4.79 Å². The van der Waals surface area contributed by atoms with Gasteiger partial charge in [0.1, 0.15) is 0 Å². The zero-order chi connectivity index (χ0) is 15.0. The summed E-state index contributed by atoms with van der Waals surface area (Å²) in [4.78, 5) is 23.0. The number of carbonyl (C=O) groups is 2. The Morgan fingerprint density at radius 1 is 1.35 bits per heavy atom. The summed E-state index contributed by atoms with van der Waals surface area (Å²) in [5, 5.41) is 2.78. The first-order valence-corrected chi connectivity index (χ1v) is 7.67. The molecular weight excluding hydrogens is 276 g/mol. The molecule has 0 aliphatic heterocycles. The molecule has 20 heavy (non-hydrogen) atoms. The van der Waals surface area contributed by atoms with Gasteiger partial charge >= 0.3 is 5.97 Å². The zero-order valence-corrected chi connectivity index (χ0v) is 12.5. The maximum atomic E-state index is 11.7. The Labute approximate surface area is 123 Å². The first kappa shape index (κ1) is 16.5. The van der Waals surface area contributed by atoms with Crippen LogP contribution in [0.5, 0.6) is 0 Å². The Morgan fingerprint density at radius 3 is 2.55 bits per heavy atom. The zero-order valence-electron chi connectivity index (χ0n) is 11.7. The summed E-state index contributed by atoms with van der Waals surface area (Å²) in [5.74, 6) is 0.332. The van der Waals surface area contributed by atoms with Crippen molar-refractivity contribution in [1.82, 2.24) is 5.32 Å². The number of benzene rings is 1. The number of amides is 1. The third-order valence-electron chi connectivity index (χ3n) is 2.81. The molecule has 0 unspecified atom stereocenters. The van der Waals surface area contributed by atoms with E-state index in [0.717, 1.165) is 11.3 Å². The summed E-state index contributed by atoms with van der Waals surface area (Å²) in [5.41, 5.74) is 7.15. The fourth-order valence-corrected chi connectivity index (χ4v) is 2.06. The number of nitrogens with two attached hydrogens (primary N) is 1. The number of rotatable bonds is 7. The molecule has 110 valence electrons. The van der Waals surface area contributed by atoms with Gasteiger partial charge in [-0.1, -0.05) is 12.1 Å². The van der Waals surface area contributed by atoms with Crippen LogP contribution < -0.4 is 11.1 Å². The number of ether oxygens (including phenoxy) is 1. The predicted octanol–water partition coefficient (Wildman–Crippen LogP) is 1.17. The molecule has 0 saturated heterocycles. The van der Waals surface area contributed by atoms with E-state index in [4.69, 9.17) is 5.73 Å². The van der Waals surface area contributed by atoms with Gasteiger partial charge in [-0.2, -0.15) is 11.8 Å². The molecule has 1 aromatic rings. The summed E-state index contributed by atoms with van der Waals surface area (Å²) in [6, 6.07) is 6.42. The second kappa shape index (κ2) is 8.60. The van der Waals surface area contributed by atoms with Crippen LogP contribution in [-0.4, -0.2) is 37.0 Å². The summed E-state index contributed by atoms with van der Waals surface area (Å²) in [7, 11) is 1.34. The van der Waals surface area contributed by atoms with Crippen LogP contribution in [0.1, 0.15) is 22.3 Å². The van der Waals surface area contributed by atoms with Crippen molar-refractivity contribution in [2.75, 3.05) is 19.1 Å². The molecule has 0 heterocycles. The molecule has 0 aliphatic rings. The normalized spacial score (nSPS) is 11.8. The van der Waals surface area contributed by atoms with Crippen LogP contribution in [0.2, 0.25) is 0 Å². The minimum Gasteiger partial charge on any atom is -0.465 e. The number of nitrogens with one attached hydrogen (secondary N) is 1. The Bertz CT molecular complexity index is 448. The lowest BCUT2D eigenvalue weighted by atomic mass is 10.1. The fraction of sp³-hybridized carbons (Fsp3) is 0.429. The molecule has 1 rings (SSSR count). The van der Waals surface area contributed by atoms with Crippen molar-refractivity contribution in [2.24, 2.45) is 5.73 Å². The SMILES string of the molecule is COC(=O)c1ccc(CNC(=O)[C@@H](N)CCSC)cc1. The van der Waals surface area contributed by atoms with Gasteiger partial charge in [0, 0.05) is 6.54 Å². The maximum absolute atomic E-state index is 11.7. The Kier molecular flexibility index (Phi) is 7.11. The number of methoxy groups -OCH3 is 1. The van der Waals surface area contributed by atoms with Crippen molar-refractivity contribution in [1.29, 1.82) is 0 Å². The second-order valence-electron chi connectivity index (χ2n) is 4.29. The topological polar surface area (TPSA) is 81.4 Å². The molecule has 6 heteroatoms. The van der Waals surface area contributed by atoms with E-state index in [2.05, 4.69) is 10.1 Å². The van der Waals surface area contributed by atoms with E-state index in [0.29, 0.717) is 18.5 Å². The average Bonchev–Trinajstić information content (AvgIpc) is 2.49. The van der Waals surface area contributed by atoms with Gasteiger partial charge in [-0.15, -0.1) is 0 Å². The van der Waals surface area contributed by atoms with Crippen molar-refractivity contribution in [3.05, 3.63) is 35.4 Å². The molecule has 0 fully saturated rings. The van der Waals surface area contributed by atoms with Gasteiger partial charge in [0.15, 0.2) is 0 Å². The van der Waals surface area contributed by atoms with E-state index < -0.39 is 6.04 Å². The lowest BCUT2D eigenvalue weighted by Crippen LogP contribution is -2.40. The highest BCUT2D eigenvalue weighted by Crippen LogP contribution is 2.06. The number of carbonyl (C=O) groups excluding carboxylic acids is 2. The van der Waals surface area contributed by atoms with Gasteiger partial charge in [0.2, 0.25) is 5.91 Å². The summed E-state index contributed by atoms with van der Waals surface area (Å²) in [6.07, 6.45) is 2.64. The molecule has 1 amide bonds. The molecule has 0 aromatic heterocycles. The van der Waals surface area contributed by atoms with Crippen LogP contribution in [0.3, 0.4) is 0 Å². The first-order valence-electron chi connectivity index (χ1n) is 6.28. The molecule has 0 aliphatic carbocycles. The van der Waals surface area contributed by atoms with Crippen molar-refractivity contribution in [3.63, 3.8) is 0 Å². The predicted molar refractivity (Wildman–Crippen MR) is 80.6 cm³/mol. The molecule has 0 radical (unpaired) electrons. The third kappa shape index (κ3) is 5.22. The number of hydrogen-bond acceptors (Lipinski definition) is 5. The first-order chi connectivity index (χ1) is 9.58. The highest BCUT2D eigenvalue weighted by molar-refractivity contribution is 7.98. The minimum absolute atomic E-state index is 0.156. The van der Waals surface area contributed by atoms with Crippen LogP contribution in [-0.2, 0) is 16.1 Å². The number of thioether (sulfide) groups is 1. The van der Waals surface area contributed by atoms with Gasteiger partial charge in [-0.05, 0) is 36.1 Å². The van der Waals surface area contributed by atoms with E-state index in [1.165, 1.54) is 7.11 Å². The average molecular weight is 296 g/mol. The molecule has 0 spiro atoms. The lowest BCUT2D eigenvalue weighted by Gasteiger charge is -2.11. The molecule has 1 aromatic carbocycles. The van der Waals surface area contributed by atoms with Crippen LogP contribution in [0.15, 0.2) is 24.3 Å². The Balaban J connectivity index is 2.45. The number of hydrogen-bond donors (Lipinski definition) is 2. The third-order valence-corrected chi connectivity index (χ3v) is 3.46. The minimum atomic E-state index is -0.475. The quantitative estimate of drug-likeness (QED) is 0.738. The van der Waals surface area contributed by atoms with E-state index in [9.17, 15) is 9.59 Å². The maximum Gasteiger partial charge on any atom is 0.337 e. The van der Waals surface area contributed by atoms with Gasteiger partial charge < -0.3 is 15.8 Å². The molecule has 3 N–H and O–H groups in total. The summed E-state index contributed by atoms with van der Waals surface area (Å²) in [6.45, 7) is 0.396. The molecule has 5 nitrogen and oxygen atoms in total.